The second kappa shape index (κ2) is 6.33. The summed E-state index contributed by atoms with van der Waals surface area (Å²) in [5.74, 6) is -0.139. The zero-order valence-electron chi connectivity index (χ0n) is 10.9. The van der Waals surface area contributed by atoms with E-state index in [2.05, 4.69) is 20.9 Å². The lowest BCUT2D eigenvalue weighted by atomic mass is 10.3. The topological polar surface area (TPSA) is 83.1 Å². The summed E-state index contributed by atoms with van der Waals surface area (Å²) in [5.41, 5.74) is 1.91. The molecule has 0 aliphatic rings. The van der Waals surface area contributed by atoms with E-state index in [-0.39, 0.29) is 11.9 Å². The number of amides is 3. The Balaban J connectivity index is 1.93. The molecule has 1 heterocycles. The highest BCUT2D eigenvalue weighted by atomic mass is 16.2. The van der Waals surface area contributed by atoms with Crippen LogP contribution in [0, 0.1) is 0 Å². The van der Waals surface area contributed by atoms with Crippen molar-refractivity contribution in [1.82, 2.24) is 4.98 Å². The van der Waals surface area contributed by atoms with Crippen molar-refractivity contribution in [2.24, 2.45) is 0 Å². The molecule has 0 spiro atoms. The quantitative estimate of drug-likeness (QED) is 0.801. The molecule has 102 valence electrons. The molecule has 0 aliphatic carbocycles. The van der Waals surface area contributed by atoms with Crippen LogP contribution in [0.2, 0.25) is 0 Å². The number of hydrogen-bond donors (Lipinski definition) is 3. The summed E-state index contributed by atoms with van der Waals surface area (Å²) in [7, 11) is 0. The molecule has 1 aromatic heterocycles. The van der Waals surface area contributed by atoms with E-state index < -0.39 is 0 Å². The Kier molecular flexibility index (Phi) is 4.28. The Morgan fingerprint density at radius 2 is 1.50 bits per heavy atom. The molecule has 0 fully saturated rings. The van der Waals surface area contributed by atoms with E-state index in [1.54, 1.807) is 48.8 Å². The van der Waals surface area contributed by atoms with Gasteiger partial charge in [0, 0.05) is 24.5 Å². The van der Waals surface area contributed by atoms with Gasteiger partial charge in [-0.3, -0.25) is 9.78 Å². The molecular formula is C14H14N4O2. The number of benzene rings is 1. The lowest BCUT2D eigenvalue weighted by Gasteiger charge is -2.08. The van der Waals surface area contributed by atoms with Gasteiger partial charge in [0.05, 0.1) is 11.9 Å². The van der Waals surface area contributed by atoms with E-state index >= 15 is 0 Å². The first-order valence-electron chi connectivity index (χ1n) is 5.99. The molecule has 3 N–H and O–H groups in total. The molecule has 0 aliphatic heterocycles. The minimum atomic E-state index is -0.356. The first kappa shape index (κ1) is 13.5. The molecule has 20 heavy (non-hydrogen) atoms. The van der Waals surface area contributed by atoms with E-state index in [0.29, 0.717) is 17.1 Å². The van der Waals surface area contributed by atoms with Crippen LogP contribution in [0.4, 0.5) is 21.9 Å². The monoisotopic (exact) mass is 270 g/mol. The first-order valence-corrected chi connectivity index (χ1v) is 5.99. The van der Waals surface area contributed by atoms with Gasteiger partial charge in [0.25, 0.3) is 0 Å². The highest BCUT2D eigenvalue weighted by Gasteiger charge is 2.02. The minimum Gasteiger partial charge on any atom is -0.326 e. The molecule has 2 rings (SSSR count). The van der Waals surface area contributed by atoms with Crippen molar-refractivity contribution in [3.63, 3.8) is 0 Å². The predicted molar refractivity (Wildman–Crippen MR) is 77.6 cm³/mol. The summed E-state index contributed by atoms with van der Waals surface area (Å²) in [6, 6.07) is 9.94. The Bertz CT molecular complexity index is 596. The fraction of sp³-hybridized carbons (Fsp3) is 0.0714. The summed E-state index contributed by atoms with van der Waals surface area (Å²) in [6.07, 6.45) is 3.18. The number of pyridine rings is 1. The number of nitrogens with one attached hydrogen (secondary N) is 3. The van der Waals surface area contributed by atoms with E-state index in [4.69, 9.17) is 0 Å². The Morgan fingerprint density at radius 1 is 0.900 bits per heavy atom. The highest BCUT2D eigenvalue weighted by Crippen LogP contribution is 2.14. The molecule has 2 aromatic rings. The molecule has 0 bridgehead atoms. The zero-order chi connectivity index (χ0) is 14.4. The standard InChI is InChI=1S/C14H14N4O2/c1-10(19)16-11-4-6-12(7-5-11)17-14(20)18-13-3-2-8-15-9-13/h2-9H,1H3,(H,16,19)(H2,17,18,20). The van der Waals surface area contributed by atoms with Crippen molar-refractivity contribution in [2.75, 3.05) is 16.0 Å². The van der Waals surface area contributed by atoms with Crippen molar-refractivity contribution in [1.29, 1.82) is 0 Å². The van der Waals surface area contributed by atoms with E-state index in [1.165, 1.54) is 6.92 Å². The van der Waals surface area contributed by atoms with Crippen molar-refractivity contribution >= 4 is 29.0 Å². The lowest BCUT2D eigenvalue weighted by molar-refractivity contribution is -0.114. The smallest absolute Gasteiger partial charge is 0.323 e. The van der Waals surface area contributed by atoms with Gasteiger partial charge in [-0.05, 0) is 36.4 Å². The van der Waals surface area contributed by atoms with Crippen LogP contribution in [0.5, 0.6) is 0 Å². The van der Waals surface area contributed by atoms with Crippen molar-refractivity contribution < 1.29 is 9.59 Å². The SMILES string of the molecule is CC(=O)Nc1ccc(NC(=O)Nc2cccnc2)cc1. The van der Waals surface area contributed by atoms with E-state index in [0.717, 1.165) is 0 Å². The van der Waals surface area contributed by atoms with Crippen molar-refractivity contribution in [3.8, 4) is 0 Å². The van der Waals surface area contributed by atoms with Gasteiger partial charge in [0.15, 0.2) is 0 Å². The van der Waals surface area contributed by atoms with Crippen molar-refractivity contribution in [3.05, 3.63) is 48.8 Å². The third-order valence-electron chi connectivity index (χ3n) is 2.38. The van der Waals surface area contributed by atoms with Gasteiger partial charge in [-0.2, -0.15) is 0 Å². The van der Waals surface area contributed by atoms with Crippen LogP contribution >= 0.6 is 0 Å². The fourth-order valence-corrected chi connectivity index (χ4v) is 1.57. The summed E-state index contributed by atoms with van der Waals surface area (Å²) >= 11 is 0. The Hall–Kier alpha value is -2.89. The second-order valence-corrected chi connectivity index (χ2v) is 4.08. The maximum Gasteiger partial charge on any atom is 0.323 e. The van der Waals surface area contributed by atoms with Crippen LogP contribution in [0.3, 0.4) is 0 Å². The van der Waals surface area contributed by atoms with Gasteiger partial charge in [-0.25, -0.2) is 4.79 Å². The summed E-state index contributed by atoms with van der Waals surface area (Å²) in [6.45, 7) is 1.44. The largest absolute Gasteiger partial charge is 0.326 e. The summed E-state index contributed by atoms with van der Waals surface area (Å²) in [5, 5.41) is 7.98. The normalized spacial score (nSPS) is 9.65. The van der Waals surface area contributed by atoms with E-state index in [9.17, 15) is 9.59 Å². The third-order valence-corrected chi connectivity index (χ3v) is 2.38. The van der Waals surface area contributed by atoms with Crippen LogP contribution in [0.1, 0.15) is 6.92 Å². The van der Waals surface area contributed by atoms with Crippen LogP contribution < -0.4 is 16.0 Å². The number of carbonyl (C=O) groups excluding carboxylic acids is 2. The molecule has 3 amide bonds. The number of carbonyl (C=O) groups is 2. The van der Waals surface area contributed by atoms with Gasteiger partial charge in [-0.1, -0.05) is 0 Å². The number of nitrogens with zero attached hydrogens (tertiary/aromatic N) is 1. The zero-order valence-corrected chi connectivity index (χ0v) is 10.9. The molecule has 0 atom stereocenters. The van der Waals surface area contributed by atoms with Gasteiger partial charge in [0.2, 0.25) is 5.91 Å². The lowest BCUT2D eigenvalue weighted by Crippen LogP contribution is -2.19. The highest BCUT2D eigenvalue weighted by molar-refractivity contribution is 5.99. The molecule has 6 nitrogen and oxygen atoms in total. The maximum atomic E-state index is 11.7. The van der Waals surface area contributed by atoms with Gasteiger partial charge in [-0.15, -0.1) is 0 Å². The third kappa shape index (κ3) is 4.09. The average Bonchev–Trinajstić information content (AvgIpc) is 2.41. The second-order valence-electron chi connectivity index (χ2n) is 4.08. The minimum absolute atomic E-state index is 0.139. The fourth-order valence-electron chi connectivity index (χ4n) is 1.57. The van der Waals surface area contributed by atoms with Crippen molar-refractivity contribution in [2.45, 2.75) is 6.92 Å². The maximum absolute atomic E-state index is 11.7. The van der Waals surface area contributed by atoms with Crippen LogP contribution in [-0.2, 0) is 4.79 Å². The van der Waals surface area contributed by atoms with E-state index in [1.807, 2.05) is 0 Å². The van der Waals surface area contributed by atoms with Crippen LogP contribution in [-0.4, -0.2) is 16.9 Å². The summed E-state index contributed by atoms with van der Waals surface area (Å²) in [4.78, 5) is 26.5. The molecule has 6 heteroatoms. The molecule has 0 radical (unpaired) electrons. The molecule has 0 saturated carbocycles. The molecule has 0 saturated heterocycles. The number of rotatable bonds is 3. The van der Waals surface area contributed by atoms with Gasteiger partial charge < -0.3 is 16.0 Å². The number of hydrogen-bond acceptors (Lipinski definition) is 3. The average molecular weight is 270 g/mol. The van der Waals surface area contributed by atoms with Crippen LogP contribution in [0.15, 0.2) is 48.8 Å². The molecule has 0 unspecified atom stereocenters. The molecule has 1 aromatic carbocycles. The first-order chi connectivity index (χ1) is 9.63. The number of urea groups is 1. The molecular weight excluding hydrogens is 256 g/mol. The number of anilines is 3. The summed E-state index contributed by atoms with van der Waals surface area (Å²) < 4.78 is 0. The Morgan fingerprint density at radius 3 is 2.05 bits per heavy atom. The van der Waals surface area contributed by atoms with Gasteiger partial charge in [0.1, 0.15) is 0 Å². The predicted octanol–water partition coefficient (Wildman–Crippen LogP) is 2.68. The van der Waals surface area contributed by atoms with Gasteiger partial charge >= 0.3 is 6.03 Å². The Labute approximate surface area is 116 Å². The number of aromatic nitrogens is 1. The van der Waals surface area contributed by atoms with Crippen LogP contribution in [0.25, 0.3) is 0 Å².